The van der Waals surface area contributed by atoms with Crippen molar-refractivity contribution in [3.63, 3.8) is 0 Å². The first-order chi connectivity index (χ1) is 30.7. The van der Waals surface area contributed by atoms with Gasteiger partial charge < -0.3 is 8.98 Å². The van der Waals surface area contributed by atoms with Crippen LogP contribution in [0.3, 0.4) is 0 Å². The molecule has 0 fully saturated rings. The molecule has 4 aromatic heterocycles. The third-order valence-corrected chi connectivity index (χ3v) is 11.8. The second-order valence-corrected chi connectivity index (χ2v) is 15.0. The van der Waals surface area contributed by atoms with Crippen LogP contribution in [-0.2, 0) is 0 Å². The highest BCUT2D eigenvalue weighted by atomic mass is 32.1. The van der Waals surface area contributed by atoms with E-state index in [2.05, 4.69) is 24.3 Å². The molecular formula is C51H30N4OS. The Morgan fingerprint density at radius 1 is 0.456 bits per heavy atom. The average molecular weight is 753 g/mol. The maximum atomic E-state index is 9.33. The van der Waals surface area contributed by atoms with E-state index >= 15 is 0 Å². The minimum Gasteiger partial charge on any atom is -0.455 e. The number of fused-ring (bicyclic) bond motifs is 9. The van der Waals surface area contributed by atoms with Gasteiger partial charge in [0.1, 0.15) is 11.2 Å². The van der Waals surface area contributed by atoms with Crippen LogP contribution in [0.5, 0.6) is 0 Å². The van der Waals surface area contributed by atoms with E-state index in [-0.39, 0.29) is 58.1 Å². The predicted molar refractivity (Wildman–Crippen MR) is 236 cm³/mol. The molecule has 0 unspecified atom stereocenters. The highest BCUT2D eigenvalue weighted by molar-refractivity contribution is 7.25. The molecule has 0 N–H and O–H groups in total. The Hall–Kier alpha value is -7.41. The van der Waals surface area contributed by atoms with Gasteiger partial charge in [0.15, 0.2) is 17.5 Å². The summed E-state index contributed by atoms with van der Waals surface area (Å²) in [5, 5.41) is 4.57. The molecule has 0 atom stereocenters. The minimum absolute atomic E-state index is 0.0683. The van der Waals surface area contributed by atoms with Crippen LogP contribution in [0.4, 0.5) is 0 Å². The van der Waals surface area contributed by atoms with E-state index in [9.17, 15) is 2.74 Å². The van der Waals surface area contributed by atoms with Crippen molar-refractivity contribution in [2.75, 3.05) is 0 Å². The lowest BCUT2D eigenvalue weighted by Gasteiger charge is -2.16. The number of nitrogens with zero attached hydrogens (tertiary/aromatic N) is 4. The summed E-state index contributed by atoms with van der Waals surface area (Å²) in [5.74, 6) is 1.21. The molecule has 0 aliphatic carbocycles. The summed E-state index contributed by atoms with van der Waals surface area (Å²) in [5.41, 5.74) is 6.02. The molecule has 0 spiro atoms. The second-order valence-electron chi connectivity index (χ2n) is 13.9. The monoisotopic (exact) mass is 752 g/mol. The quantitative estimate of drug-likeness (QED) is 0.176. The highest BCUT2D eigenvalue weighted by Gasteiger charge is 2.22. The van der Waals surface area contributed by atoms with Crippen LogP contribution in [0.2, 0.25) is 0 Å². The van der Waals surface area contributed by atoms with Gasteiger partial charge in [-0.3, -0.25) is 0 Å². The molecule has 57 heavy (non-hydrogen) atoms. The van der Waals surface area contributed by atoms with Crippen molar-refractivity contribution in [1.82, 2.24) is 19.5 Å². The Balaban J connectivity index is 1.19. The lowest BCUT2D eigenvalue weighted by atomic mass is 9.99. The van der Waals surface area contributed by atoms with Gasteiger partial charge in [-0.05, 0) is 48.0 Å². The summed E-state index contributed by atoms with van der Waals surface area (Å²) in [7, 11) is 0. The average Bonchev–Trinajstić information content (AvgIpc) is 4.00. The standard InChI is InChI=1S/C51H30N4OS/c1-2-13-31(14-3-1)49-52-50(33-26-27-39-38-18-7-11-24-46(38)57-47(39)30-33)54-51(53-49)41-28-25-32(34-19-12-20-40-37-17-6-10-23-45(37)56-48(34)40)29-44(41)55-42-21-8-4-15-35(42)36-16-5-9-22-43(36)55/h1-30H/i4D,5D,15D,16D,21D,22D. The third-order valence-electron chi connectivity index (χ3n) is 10.6. The summed E-state index contributed by atoms with van der Waals surface area (Å²) >= 11 is 1.71. The van der Waals surface area contributed by atoms with Crippen LogP contribution in [0.1, 0.15) is 8.22 Å². The van der Waals surface area contributed by atoms with Crippen molar-refractivity contribution >= 4 is 75.3 Å². The Morgan fingerprint density at radius 3 is 1.95 bits per heavy atom. The van der Waals surface area contributed by atoms with Crippen molar-refractivity contribution < 1.29 is 12.6 Å². The minimum atomic E-state index is -0.196. The number of furan rings is 1. The number of rotatable bonds is 5. The second kappa shape index (κ2) is 12.6. The van der Waals surface area contributed by atoms with Crippen molar-refractivity contribution in [3.05, 3.63) is 182 Å². The first kappa shape index (κ1) is 26.4. The normalized spacial score (nSPS) is 13.3. The molecule has 0 radical (unpaired) electrons. The first-order valence-corrected chi connectivity index (χ1v) is 19.3. The van der Waals surface area contributed by atoms with E-state index in [4.69, 9.17) is 24.9 Å². The van der Waals surface area contributed by atoms with Crippen LogP contribution in [-0.4, -0.2) is 19.5 Å². The maximum absolute atomic E-state index is 9.33. The zero-order chi connectivity index (χ0) is 42.7. The smallest absolute Gasteiger partial charge is 0.166 e. The van der Waals surface area contributed by atoms with E-state index in [0.717, 1.165) is 48.7 Å². The van der Waals surface area contributed by atoms with Crippen molar-refractivity contribution in [3.8, 4) is 51.0 Å². The molecule has 0 aliphatic heterocycles. The SMILES string of the molecule is [2H]c1cc([2H])c2c(c1[2H])c1c([2H])c([2H])cc([2H])c1n2-c1cc(-c2cccc3c2oc2ccccc23)ccc1-c1nc(-c2ccccc2)nc(-c2ccc3c(c2)sc2ccccc23)n1. The van der Waals surface area contributed by atoms with Gasteiger partial charge in [-0.1, -0.05) is 139 Å². The molecule has 0 amide bonds. The van der Waals surface area contributed by atoms with Gasteiger partial charge >= 0.3 is 0 Å². The van der Waals surface area contributed by atoms with Gasteiger partial charge in [0, 0.05) is 64.0 Å². The lowest BCUT2D eigenvalue weighted by molar-refractivity contribution is 0.670. The summed E-state index contributed by atoms with van der Waals surface area (Å²) in [6.45, 7) is 0. The Morgan fingerprint density at radius 2 is 1.12 bits per heavy atom. The summed E-state index contributed by atoms with van der Waals surface area (Å²) in [6, 6.07) is 45.7. The molecule has 8 aromatic carbocycles. The van der Waals surface area contributed by atoms with Crippen LogP contribution in [0.25, 0.3) is 115 Å². The predicted octanol–water partition coefficient (Wildman–Crippen LogP) is 13.9. The largest absolute Gasteiger partial charge is 0.455 e. The zero-order valence-corrected chi connectivity index (χ0v) is 30.8. The van der Waals surface area contributed by atoms with E-state index in [1.165, 1.54) is 22.2 Å². The van der Waals surface area contributed by atoms with Crippen LogP contribution in [0.15, 0.2) is 186 Å². The Kier molecular flexibility index (Phi) is 5.82. The molecule has 12 rings (SSSR count). The van der Waals surface area contributed by atoms with E-state index < -0.39 is 0 Å². The van der Waals surface area contributed by atoms with Gasteiger partial charge in [0.2, 0.25) is 0 Å². The molecule has 266 valence electrons. The van der Waals surface area contributed by atoms with Crippen molar-refractivity contribution in [1.29, 1.82) is 0 Å². The van der Waals surface area contributed by atoms with Crippen LogP contribution in [0, 0.1) is 0 Å². The van der Waals surface area contributed by atoms with Crippen LogP contribution < -0.4 is 0 Å². The molecule has 4 heterocycles. The fourth-order valence-corrected chi connectivity index (χ4v) is 9.16. The fourth-order valence-electron chi connectivity index (χ4n) is 8.01. The summed E-state index contributed by atoms with van der Waals surface area (Å²) < 4.78 is 64.7. The Labute approximate surface area is 339 Å². The topological polar surface area (TPSA) is 56.7 Å². The molecule has 0 aliphatic rings. The third kappa shape index (κ3) is 5.04. The number of benzene rings is 8. The molecule has 5 nitrogen and oxygen atoms in total. The Bertz CT molecular complexity index is 3830. The van der Waals surface area contributed by atoms with Crippen molar-refractivity contribution in [2.45, 2.75) is 0 Å². The van der Waals surface area contributed by atoms with Crippen molar-refractivity contribution in [2.24, 2.45) is 0 Å². The van der Waals surface area contributed by atoms with E-state index in [0.29, 0.717) is 34.3 Å². The fraction of sp³-hybridized carbons (Fsp3) is 0. The summed E-state index contributed by atoms with van der Waals surface area (Å²) in [6.07, 6.45) is 0. The maximum Gasteiger partial charge on any atom is 0.166 e. The molecule has 6 heteroatoms. The van der Waals surface area contributed by atoms with Gasteiger partial charge in [0.05, 0.1) is 24.9 Å². The molecule has 0 saturated heterocycles. The van der Waals surface area contributed by atoms with Gasteiger partial charge in [0.25, 0.3) is 0 Å². The number of para-hydroxylation sites is 4. The van der Waals surface area contributed by atoms with E-state index in [1.807, 2.05) is 109 Å². The van der Waals surface area contributed by atoms with Gasteiger partial charge in [-0.15, -0.1) is 11.3 Å². The molecule has 0 bridgehead atoms. The molecular weight excluding hydrogens is 717 g/mol. The highest BCUT2D eigenvalue weighted by Crippen LogP contribution is 2.42. The first-order valence-electron chi connectivity index (χ1n) is 21.5. The zero-order valence-electron chi connectivity index (χ0n) is 36.0. The van der Waals surface area contributed by atoms with E-state index in [1.54, 1.807) is 15.9 Å². The number of hydrogen-bond acceptors (Lipinski definition) is 5. The summed E-state index contributed by atoms with van der Waals surface area (Å²) in [4.78, 5) is 15.4. The number of thiophene rings is 1. The lowest BCUT2D eigenvalue weighted by Crippen LogP contribution is -2.04. The van der Waals surface area contributed by atoms with Gasteiger partial charge in [-0.25, -0.2) is 15.0 Å². The number of hydrogen-bond donors (Lipinski definition) is 0. The molecule has 0 saturated carbocycles. The molecule has 12 aromatic rings. The van der Waals surface area contributed by atoms with Crippen LogP contribution >= 0.6 is 11.3 Å². The van der Waals surface area contributed by atoms with Gasteiger partial charge in [-0.2, -0.15) is 0 Å². The number of aromatic nitrogens is 4.